The van der Waals surface area contributed by atoms with E-state index in [1.54, 1.807) is 48.9 Å². The number of nitrogens with two attached hydrogens (primary N) is 1. The van der Waals surface area contributed by atoms with Crippen LogP contribution >= 0.6 is 0 Å². The Bertz CT molecular complexity index is 1480. The number of benzene rings is 2. The maximum Gasteiger partial charge on any atom is 0.320 e. The van der Waals surface area contributed by atoms with Gasteiger partial charge < -0.3 is 26.2 Å². The summed E-state index contributed by atoms with van der Waals surface area (Å²) in [5, 5.41) is 30.5. The summed E-state index contributed by atoms with van der Waals surface area (Å²) in [5.74, 6) is -0.868. The Balaban J connectivity index is 1.24. The SMILES string of the molecule is NC(Cc1ccc(O)c(N=Nc2ccccc2C(=O)N2CCC(CCCCC(=O)N/C=C/c3cccnc3)CC2)c1)C(=O)O. The van der Waals surface area contributed by atoms with Crippen LogP contribution in [-0.2, 0) is 16.0 Å². The molecule has 1 aliphatic rings. The first-order valence-corrected chi connectivity index (χ1v) is 14.8. The Morgan fingerprint density at radius 1 is 1.05 bits per heavy atom. The average Bonchev–Trinajstić information content (AvgIpc) is 3.04. The monoisotopic (exact) mass is 598 g/mol. The number of nitrogens with zero attached hydrogens (tertiary/aromatic N) is 4. The molecule has 2 heterocycles. The van der Waals surface area contributed by atoms with Crippen molar-refractivity contribution in [1.82, 2.24) is 15.2 Å². The molecule has 1 fully saturated rings. The van der Waals surface area contributed by atoms with E-state index in [0.717, 1.165) is 37.7 Å². The van der Waals surface area contributed by atoms with E-state index in [2.05, 4.69) is 20.5 Å². The van der Waals surface area contributed by atoms with Crippen molar-refractivity contribution in [1.29, 1.82) is 0 Å². The van der Waals surface area contributed by atoms with Crippen molar-refractivity contribution in [3.63, 3.8) is 0 Å². The smallest absolute Gasteiger partial charge is 0.320 e. The third-order valence-corrected chi connectivity index (χ3v) is 7.59. The maximum atomic E-state index is 13.4. The molecule has 0 saturated carbocycles. The number of rotatable bonds is 13. The molecule has 2 aromatic carbocycles. The molecule has 11 nitrogen and oxygen atoms in total. The lowest BCUT2D eigenvalue weighted by Crippen LogP contribution is -2.38. The molecule has 4 rings (SSSR count). The van der Waals surface area contributed by atoms with Crippen LogP contribution in [0.4, 0.5) is 11.4 Å². The summed E-state index contributed by atoms with van der Waals surface area (Å²) in [6.07, 6.45) is 12.0. The fourth-order valence-electron chi connectivity index (χ4n) is 5.06. The Morgan fingerprint density at radius 3 is 2.57 bits per heavy atom. The number of aromatic hydroxyl groups is 1. The number of piperidine rings is 1. The van der Waals surface area contributed by atoms with Crippen molar-refractivity contribution >= 4 is 35.2 Å². The molecular weight excluding hydrogens is 560 g/mol. The van der Waals surface area contributed by atoms with E-state index in [4.69, 9.17) is 10.8 Å². The average molecular weight is 599 g/mol. The van der Waals surface area contributed by atoms with E-state index in [-0.39, 0.29) is 29.7 Å². The highest BCUT2D eigenvalue weighted by Crippen LogP contribution is 2.31. The number of aromatic nitrogens is 1. The molecular formula is C33H38N6O5. The molecule has 1 unspecified atom stereocenters. The quantitative estimate of drug-likeness (QED) is 0.152. The third-order valence-electron chi connectivity index (χ3n) is 7.59. The molecule has 1 aliphatic heterocycles. The lowest BCUT2D eigenvalue weighted by Gasteiger charge is -2.32. The second-order valence-corrected chi connectivity index (χ2v) is 10.9. The number of unbranched alkanes of at least 4 members (excludes halogenated alkanes) is 1. The van der Waals surface area contributed by atoms with Gasteiger partial charge in [0.25, 0.3) is 5.91 Å². The van der Waals surface area contributed by atoms with E-state index in [9.17, 15) is 19.5 Å². The maximum absolute atomic E-state index is 13.4. The zero-order valence-electron chi connectivity index (χ0n) is 24.5. The molecule has 230 valence electrons. The van der Waals surface area contributed by atoms with E-state index in [1.807, 2.05) is 23.1 Å². The van der Waals surface area contributed by atoms with Crippen LogP contribution in [-0.4, -0.2) is 57.0 Å². The van der Waals surface area contributed by atoms with Gasteiger partial charge in [-0.2, -0.15) is 0 Å². The van der Waals surface area contributed by atoms with Gasteiger partial charge in [0, 0.05) is 38.1 Å². The van der Waals surface area contributed by atoms with Crippen molar-refractivity contribution in [3.8, 4) is 5.75 Å². The molecule has 44 heavy (non-hydrogen) atoms. The molecule has 0 radical (unpaired) electrons. The van der Waals surface area contributed by atoms with Crippen LogP contribution in [0.25, 0.3) is 6.08 Å². The normalized spacial score (nSPS) is 14.6. The van der Waals surface area contributed by atoms with Gasteiger partial charge in [-0.1, -0.05) is 37.1 Å². The topological polar surface area (TPSA) is 171 Å². The summed E-state index contributed by atoms with van der Waals surface area (Å²) in [7, 11) is 0. The summed E-state index contributed by atoms with van der Waals surface area (Å²) in [6.45, 7) is 1.28. The Hall–Kier alpha value is -4.90. The molecule has 1 atom stereocenters. The van der Waals surface area contributed by atoms with Gasteiger partial charge in [-0.05, 0) is 79.1 Å². The van der Waals surface area contributed by atoms with Crippen LogP contribution in [0.1, 0.15) is 60.0 Å². The number of aliphatic carboxylic acids is 1. The lowest BCUT2D eigenvalue weighted by molar-refractivity contribution is -0.138. The molecule has 0 spiro atoms. The number of pyridine rings is 1. The number of phenolic OH excluding ortho intramolecular Hbond substituents is 1. The molecule has 0 aliphatic carbocycles. The lowest BCUT2D eigenvalue weighted by atomic mass is 9.91. The van der Waals surface area contributed by atoms with Crippen LogP contribution in [0.2, 0.25) is 0 Å². The minimum absolute atomic E-state index is 0.00771. The third kappa shape index (κ3) is 9.56. The van der Waals surface area contributed by atoms with Gasteiger partial charge in [-0.3, -0.25) is 19.4 Å². The van der Waals surface area contributed by atoms with Crippen molar-refractivity contribution < 1.29 is 24.6 Å². The van der Waals surface area contributed by atoms with Crippen LogP contribution < -0.4 is 11.1 Å². The fourth-order valence-corrected chi connectivity index (χ4v) is 5.06. The summed E-state index contributed by atoms with van der Waals surface area (Å²) in [5.41, 5.74) is 8.10. The number of azo groups is 1. The number of carbonyl (C=O) groups is 3. The number of phenols is 1. The van der Waals surface area contributed by atoms with Crippen LogP contribution in [0.15, 0.2) is 83.4 Å². The van der Waals surface area contributed by atoms with Gasteiger partial charge in [-0.25, -0.2) is 0 Å². The minimum Gasteiger partial charge on any atom is -0.506 e. The zero-order valence-corrected chi connectivity index (χ0v) is 24.5. The number of amides is 2. The molecule has 2 amide bonds. The highest BCUT2D eigenvalue weighted by atomic mass is 16.4. The summed E-state index contributed by atoms with van der Waals surface area (Å²) in [4.78, 5) is 42.5. The van der Waals surface area contributed by atoms with Crippen molar-refractivity contribution in [2.45, 2.75) is 51.0 Å². The second-order valence-electron chi connectivity index (χ2n) is 10.9. The van der Waals surface area contributed by atoms with Crippen LogP contribution in [0.3, 0.4) is 0 Å². The predicted molar refractivity (Wildman–Crippen MR) is 167 cm³/mol. The number of carboxylic acid groups (broad SMARTS) is 1. The molecule has 11 heteroatoms. The van der Waals surface area contributed by atoms with Gasteiger partial charge >= 0.3 is 5.97 Å². The molecule has 0 bridgehead atoms. The largest absolute Gasteiger partial charge is 0.506 e. The predicted octanol–water partition coefficient (Wildman–Crippen LogP) is 5.36. The summed E-state index contributed by atoms with van der Waals surface area (Å²) < 4.78 is 0. The molecule has 3 aromatic rings. The summed E-state index contributed by atoms with van der Waals surface area (Å²) in [6, 6.07) is 14.1. The van der Waals surface area contributed by atoms with Gasteiger partial charge in [0.15, 0.2) is 0 Å². The van der Waals surface area contributed by atoms with Crippen LogP contribution in [0.5, 0.6) is 5.75 Å². The Labute approximate surface area is 256 Å². The Kier molecular flexibility index (Phi) is 11.7. The minimum atomic E-state index is -1.12. The second kappa shape index (κ2) is 16.1. The number of hydrogen-bond acceptors (Lipinski definition) is 8. The number of likely N-dealkylation sites (tertiary alicyclic amines) is 1. The standard InChI is InChI=1S/C33H38N6O5/c34-27(33(43)44)20-25-11-12-30(40)29(21-25)38-37-28-9-3-2-8-26(28)32(42)39-18-14-23(15-19-39)6-1-4-10-31(41)36-17-13-24-7-5-16-35-22-24/h2-3,5,7-9,11-13,16-17,21-23,27,40H,1,4,6,10,14-15,18-20,34H2,(H,36,41)(H,43,44)/b17-13+,38-37?. The van der Waals surface area contributed by atoms with Crippen molar-refractivity contribution in [2.75, 3.05) is 13.1 Å². The van der Waals surface area contributed by atoms with Gasteiger partial charge in [0.05, 0.1) is 11.3 Å². The zero-order chi connectivity index (χ0) is 31.3. The fraction of sp³-hybridized carbons (Fsp3) is 0.333. The van der Waals surface area contributed by atoms with E-state index < -0.39 is 12.0 Å². The van der Waals surface area contributed by atoms with Gasteiger partial charge in [0.1, 0.15) is 17.5 Å². The molecule has 5 N–H and O–H groups in total. The highest BCUT2D eigenvalue weighted by molar-refractivity contribution is 5.99. The number of nitrogens with one attached hydrogen (secondary N) is 1. The first-order valence-electron chi connectivity index (χ1n) is 14.8. The van der Waals surface area contributed by atoms with Gasteiger partial charge in [-0.15, -0.1) is 10.2 Å². The highest BCUT2D eigenvalue weighted by Gasteiger charge is 2.25. The number of hydrogen-bond donors (Lipinski definition) is 4. The van der Waals surface area contributed by atoms with E-state index >= 15 is 0 Å². The number of carbonyl (C=O) groups excluding carboxylic acids is 2. The van der Waals surface area contributed by atoms with Crippen molar-refractivity contribution in [2.24, 2.45) is 21.9 Å². The first kappa shape index (κ1) is 32.0. The first-order chi connectivity index (χ1) is 21.3. The van der Waals surface area contributed by atoms with Crippen molar-refractivity contribution in [3.05, 3.63) is 89.9 Å². The van der Waals surface area contributed by atoms with Gasteiger partial charge in [0.2, 0.25) is 5.91 Å². The molecule has 1 saturated heterocycles. The Morgan fingerprint density at radius 2 is 1.82 bits per heavy atom. The molecule has 1 aromatic heterocycles. The van der Waals surface area contributed by atoms with E-state index in [0.29, 0.717) is 42.2 Å². The van der Waals surface area contributed by atoms with E-state index in [1.165, 1.54) is 12.1 Å². The van der Waals surface area contributed by atoms with Crippen LogP contribution in [0, 0.1) is 5.92 Å². The number of carboxylic acids is 1. The summed E-state index contributed by atoms with van der Waals surface area (Å²) >= 11 is 0.